The van der Waals surface area contributed by atoms with Gasteiger partial charge in [0.2, 0.25) is 0 Å². The lowest BCUT2D eigenvalue weighted by Crippen LogP contribution is -2.27. The Bertz CT molecular complexity index is 333. The van der Waals surface area contributed by atoms with E-state index in [1.807, 2.05) is 12.1 Å². The summed E-state index contributed by atoms with van der Waals surface area (Å²) in [4.78, 5) is 0. The SMILES string of the molecule is CCOP(=O)(OCC)[C@H](C(C)C)C(C#N)C#N. The highest BCUT2D eigenvalue weighted by atomic mass is 31.2. The Kier molecular flexibility index (Phi) is 7.07. The van der Waals surface area contributed by atoms with Crippen LogP contribution in [0.25, 0.3) is 0 Å². The van der Waals surface area contributed by atoms with Gasteiger partial charge in [-0.15, -0.1) is 0 Å². The normalized spacial score (nSPS) is 13.4. The lowest BCUT2D eigenvalue weighted by Gasteiger charge is -2.29. The van der Waals surface area contributed by atoms with Gasteiger partial charge in [-0.3, -0.25) is 4.57 Å². The molecule has 0 unspecified atom stereocenters. The molecule has 0 aliphatic rings. The Balaban J connectivity index is 5.34. The molecule has 0 saturated heterocycles. The molecular weight excluding hydrogens is 239 g/mol. The van der Waals surface area contributed by atoms with E-state index in [2.05, 4.69) is 0 Å². The monoisotopic (exact) mass is 258 g/mol. The molecule has 0 aliphatic carbocycles. The molecule has 0 aromatic carbocycles. The molecule has 1 atom stereocenters. The van der Waals surface area contributed by atoms with E-state index >= 15 is 0 Å². The predicted octanol–water partition coefficient (Wildman–Crippen LogP) is 2.94. The summed E-state index contributed by atoms with van der Waals surface area (Å²) >= 11 is 0. The van der Waals surface area contributed by atoms with Crippen molar-refractivity contribution in [1.29, 1.82) is 10.5 Å². The molecule has 17 heavy (non-hydrogen) atoms. The topological polar surface area (TPSA) is 83.1 Å². The molecule has 96 valence electrons. The van der Waals surface area contributed by atoms with Crippen LogP contribution in [0.4, 0.5) is 0 Å². The average molecular weight is 258 g/mol. The van der Waals surface area contributed by atoms with Crippen LogP contribution in [-0.4, -0.2) is 18.9 Å². The van der Waals surface area contributed by atoms with Gasteiger partial charge >= 0.3 is 7.60 Å². The third kappa shape index (κ3) is 4.13. The summed E-state index contributed by atoms with van der Waals surface area (Å²) in [5, 5.41) is 17.9. The second-order valence-corrected chi connectivity index (χ2v) is 6.04. The van der Waals surface area contributed by atoms with Crippen LogP contribution in [0.15, 0.2) is 0 Å². The molecular formula is C11H19N2O3P. The van der Waals surface area contributed by atoms with Crippen LogP contribution in [0.2, 0.25) is 0 Å². The maximum Gasteiger partial charge on any atom is 0.336 e. The van der Waals surface area contributed by atoms with Crippen LogP contribution >= 0.6 is 7.60 Å². The fourth-order valence-electron chi connectivity index (χ4n) is 1.68. The zero-order valence-electron chi connectivity index (χ0n) is 10.7. The van der Waals surface area contributed by atoms with Gasteiger partial charge in [0.1, 0.15) is 5.92 Å². The van der Waals surface area contributed by atoms with Gasteiger partial charge in [0.05, 0.1) is 31.0 Å². The van der Waals surface area contributed by atoms with Gasteiger partial charge in [-0.2, -0.15) is 10.5 Å². The van der Waals surface area contributed by atoms with Crippen molar-refractivity contribution in [3.8, 4) is 12.1 Å². The first-order chi connectivity index (χ1) is 7.96. The highest BCUT2D eigenvalue weighted by Crippen LogP contribution is 2.57. The number of nitriles is 2. The molecule has 0 heterocycles. The molecule has 0 bridgehead atoms. The van der Waals surface area contributed by atoms with E-state index in [4.69, 9.17) is 19.6 Å². The molecule has 0 rings (SSSR count). The van der Waals surface area contributed by atoms with Crippen molar-refractivity contribution >= 4 is 7.60 Å². The Morgan fingerprint density at radius 1 is 1.12 bits per heavy atom. The van der Waals surface area contributed by atoms with Gasteiger partial charge in [0.15, 0.2) is 0 Å². The summed E-state index contributed by atoms with van der Waals surface area (Å²) in [6, 6.07) is 3.72. The second-order valence-electron chi connectivity index (χ2n) is 3.85. The lowest BCUT2D eigenvalue weighted by molar-refractivity contribution is 0.202. The Morgan fingerprint density at radius 2 is 1.53 bits per heavy atom. The van der Waals surface area contributed by atoms with Gasteiger partial charge < -0.3 is 9.05 Å². The predicted molar refractivity (Wildman–Crippen MR) is 64.2 cm³/mol. The molecule has 0 aliphatic heterocycles. The Morgan fingerprint density at radius 3 is 1.76 bits per heavy atom. The van der Waals surface area contributed by atoms with E-state index in [0.29, 0.717) is 0 Å². The highest BCUT2D eigenvalue weighted by Gasteiger charge is 2.43. The first-order valence-corrected chi connectivity index (χ1v) is 7.26. The number of rotatable bonds is 7. The van der Waals surface area contributed by atoms with Crippen LogP contribution in [0.5, 0.6) is 0 Å². The summed E-state index contributed by atoms with van der Waals surface area (Å²) in [5.41, 5.74) is -0.711. The number of nitrogens with zero attached hydrogens (tertiary/aromatic N) is 2. The highest BCUT2D eigenvalue weighted by molar-refractivity contribution is 7.54. The van der Waals surface area contributed by atoms with Crippen molar-refractivity contribution in [2.75, 3.05) is 13.2 Å². The van der Waals surface area contributed by atoms with E-state index in [1.165, 1.54) is 0 Å². The molecule has 0 amide bonds. The smallest absolute Gasteiger partial charge is 0.309 e. The van der Waals surface area contributed by atoms with Crippen molar-refractivity contribution < 1.29 is 13.6 Å². The third-order valence-corrected chi connectivity index (χ3v) is 5.15. The first-order valence-electron chi connectivity index (χ1n) is 5.64. The minimum absolute atomic E-state index is 0.136. The van der Waals surface area contributed by atoms with Gasteiger partial charge in [0, 0.05) is 0 Å². The minimum atomic E-state index is -3.42. The maximum absolute atomic E-state index is 12.6. The van der Waals surface area contributed by atoms with E-state index in [0.717, 1.165) is 0 Å². The summed E-state index contributed by atoms with van der Waals surface area (Å²) in [6.07, 6.45) is 0. The lowest BCUT2D eigenvalue weighted by atomic mass is 9.99. The average Bonchev–Trinajstić information content (AvgIpc) is 2.25. The molecule has 5 nitrogen and oxygen atoms in total. The Hall–Kier alpha value is -0.870. The summed E-state index contributed by atoms with van der Waals surface area (Å²) in [6.45, 7) is 7.47. The zero-order valence-corrected chi connectivity index (χ0v) is 11.6. The second kappa shape index (κ2) is 7.45. The third-order valence-electron chi connectivity index (χ3n) is 2.29. The van der Waals surface area contributed by atoms with Crippen molar-refractivity contribution in [2.45, 2.75) is 33.4 Å². The molecule has 0 saturated carbocycles. The number of hydrogen-bond acceptors (Lipinski definition) is 5. The fraction of sp³-hybridized carbons (Fsp3) is 0.818. The number of hydrogen-bond donors (Lipinski definition) is 0. The van der Waals surface area contributed by atoms with Crippen LogP contribution in [0.1, 0.15) is 27.7 Å². The molecule has 0 aromatic heterocycles. The molecule has 0 N–H and O–H groups in total. The molecule has 0 radical (unpaired) electrons. The molecule has 0 spiro atoms. The van der Waals surface area contributed by atoms with Crippen LogP contribution in [0, 0.1) is 34.5 Å². The van der Waals surface area contributed by atoms with E-state index in [-0.39, 0.29) is 19.1 Å². The molecule has 0 fully saturated rings. The van der Waals surface area contributed by atoms with Gasteiger partial charge in [-0.1, -0.05) is 13.8 Å². The Labute approximate surface area is 103 Å². The largest absolute Gasteiger partial charge is 0.336 e. The van der Waals surface area contributed by atoms with Crippen molar-refractivity contribution in [2.24, 2.45) is 11.8 Å². The van der Waals surface area contributed by atoms with Gasteiger partial charge in [0.25, 0.3) is 0 Å². The minimum Gasteiger partial charge on any atom is -0.309 e. The summed E-state index contributed by atoms with van der Waals surface area (Å²) in [5.74, 6) is -1.12. The maximum atomic E-state index is 12.6. The van der Waals surface area contributed by atoms with Crippen LogP contribution < -0.4 is 0 Å². The van der Waals surface area contributed by atoms with Crippen LogP contribution in [-0.2, 0) is 13.6 Å². The quantitative estimate of drug-likeness (QED) is 0.655. The fourth-order valence-corrected chi connectivity index (χ4v) is 4.05. The van der Waals surface area contributed by atoms with Gasteiger partial charge in [-0.25, -0.2) is 0 Å². The first kappa shape index (κ1) is 16.1. The van der Waals surface area contributed by atoms with Crippen molar-refractivity contribution in [1.82, 2.24) is 0 Å². The van der Waals surface area contributed by atoms with E-state index < -0.39 is 19.2 Å². The van der Waals surface area contributed by atoms with E-state index in [9.17, 15) is 4.57 Å². The zero-order chi connectivity index (χ0) is 13.5. The van der Waals surface area contributed by atoms with Crippen molar-refractivity contribution in [3.05, 3.63) is 0 Å². The molecule has 0 aromatic rings. The van der Waals surface area contributed by atoms with E-state index in [1.54, 1.807) is 27.7 Å². The van der Waals surface area contributed by atoms with Crippen LogP contribution in [0.3, 0.4) is 0 Å². The molecule has 6 heteroatoms. The van der Waals surface area contributed by atoms with Crippen molar-refractivity contribution in [3.63, 3.8) is 0 Å². The van der Waals surface area contributed by atoms with Gasteiger partial charge in [-0.05, 0) is 19.8 Å². The summed E-state index contributed by atoms with van der Waals surface area (Å²) < 4.78 is 23.0. The summed E-state index contributed by atoms with van der Waals surface area (Å²) in [7, 11) is -3.42. The standard InChI is InChI=1S/C11H19N2O3P/c1-5-15-17(14,16-6-2)11(9(3)4)10(7-12)8-13/h9-11H,5-6H2,1-4H3/t11-/m1/s1.